The maximum absolute atomic E-state index is 13.6. The Morgan fingerprint density at radius 1 is 1.07 bits per heavy atom. The number of amidine groups is 1. The second kappa shape index (κ2) is 14.7. The number of rotatable bonds is 13. The second-order valence-electron chi connectivity index (χ2n) is 9.85. The molecule has 1 amide bonds. The number of imidazole rings is 1. The number of pyridine rings is 1. The summed E-state index contributed by atoms with van der Waals surface area (Å²) in [6.45, 7) is 3.88. The molecule has 44 heavy (non-hydrogen) atoms. The molecule has 230 valence electrons. The van der Waals surface area contributed by atoms with Gasteiger partial charge in [-0.05, 0) is 68.4 Å². The van der Waals surface area contributed by atoms with Gasteiger partial charge in [0.15, 0.2) is 6.73 Å². The van der Waals surface area contributed by atoms with Crippen molar-refractivity contribution in [2.24, 2.45) is 23.5 Å². The van der Waals surface area contributed by atoms with Crippen LogP contribution in [0.15, 0.2) is 71.9 Å². The molecule has 1 atom stereocenters. The lowest BCUT2D eigenvalue weighted by atomic mass is 10.1. The molecule has 2 aromatic heterocycles. The number of nitrogens with zero attached hydrogens (tertiary/aromatic N) is 5. The fraction of sp³-hybridized carbons (Fsp3) is 0.290. The number of ether oxygens (including phenoxy) is 2. The standard InChI is InChI=1S/C31H36N8O5/c1-4-43-28(40)14-16-39(26-7-5-6-15-34-26)30(41)22-10-13-25-24(17-22)37-27(38(25)3)18-35-23-11-8-21(9-12-23)29(33)36-19-44-31(42)20(2)32/h5-13,15,17,20,35H,4,14,16,18-19,32H2,1-3H3,(H2,33,36). The summed E-state index contributed by atoms with van der Waals surface area (Å²) in [5.74, 6) is 0.201. The number of hydrogen-bond donors (Lipinski definition) is 3. The van der Waals surface area contributed by atoms with Gasteiger partial charge in [0.1, 0.15) is 23.5 Å². The molecular formula is C31H36N8O5. The predicted octanol–water partition coefficient (Wildman–Crippen LogP) is 2.73. The largest absolute Gasteiger partial charge is 0.466 e. The highest BCUT2D eigenvalue weighted by atomic mass is 16.5. The van der Waals surface area contributed by atoms with Crippen LogP contribution in [0.4, 0.5) is 11.5 Å². The third-order valence-corrected chi connectivity index (χ3v) is 6.68. The van der Waals surface area contributed by atoms with Crippen LogP contribution in [0.5, 0.6) is 0 Å². The molecule has 0 saturated heterocycles. The van der Waals surface area contributed by atoms with Crippen LogP contribution in [0.25, 0.3) is 11.0 Å². The zero-order chi connectivity index (χ0) is 31.6. The lowest BCUT2D eigenvalue weighted by Crippen LogP contribution is -2.34. The van der Waals surface area contributed by atoms with E-state index in [1.165, 1.54) is 11.8 Å². The van der Waals surface area contributed by atoms with Gasteiger partial charge in [0, 0.05) is 36.6 Å². The van der Waals surface area contributed by atoms with Crippen molar-refractivity contribution in [1.82, 2.24) is 14.5 Å². The first-order valence-corrected chi connectivity index (χ1v) is 14.1. The quantitative estimate of drug-likeness (QED) is 0.117. The third-order valence-electron chi connectivity index (χ3n) is 6.68. The zero-order valence-corrected chi connectivity index (χ0v) is 24.9. The van der Waals surface area contributed by atoms with Crippen molar-refractivity contribution in [1.29, 1.82) is 0 Å². The van der Waals surface area contributed by atoms with Crippen molar-refractivity contribution in [2.45, 2.75) is 32.9 Å². The molecule has 0 aliphatic carbocycles. The highest BCUT2D eigenvalue weighted by molar-refractivity contribution is 6.07. The van der Waals surface area contributed by atoms with Crippen molar-refractivity contribution in [2.75, 3.05) is 30.1 Å². The maximum Gasteiger partial charge on any atom is 0.324 e. The van der Waals surface area contributed by atoms with Gasteiger partial charge < -0.3 is 30.8 Å². The molecule has 13 nitrogen and oxygen atoms in total. The Morgan fingerprint density at radius 3 is 2.50 bits per heavy atom. The average molecular weight is 601 g/mol. The first kappa shape index (κ1) is 31.6. The van der Waals surface area contributed by atoms with Crippen molar-refractivity contribution in [3.63, 3.8) is 0 Å². The molecule has 0 saturated carbocycles. The van der Waals surface area contributed by atoms with Crippen LogP contribution in [-0.2, 0) is 32.7 Å². The van der Waals surface area contributed by atoms with E-state index >= 15 is 0 Å². The normalized spacial score (nSPS) is 12.0. The Bertz CT molecular complexity index is 1630. The number of aliphatic imine (C=N–C) groups is 1. The molecule has 0 spiro atoms. The number of benzene rings is 2. The van der Waals surface area contributed by atoms with Crippen LogP contribution in [-0.4, -0.2) is 64.1 Å². The van der Waals surface area contributed by atoms with Crippen LogP contribution in [0.3, 0.4) is 0 Å². The molecule has 0 bridgehead atoms. The number of aryl methyl sites for hydroxylation is 1. The van der Waals surface area contributed by atoms with Gasteiger partial charge in [-0.1, -0.05) is 6.07 Å². The SMILES string of the molecule is CCOC(=O)CCN(C(=O)c1ccc2c(c1)nc(CNc1ccc(/C(N)=N/COC(=O)C(C)N)cc1)n2C)c1ccccn1. The topological polar surface area (TPSA) is 180 Å². The Balaban J connectivity index is 1.44. The van der Waals surface area contributed by atoms with Gasteiger partial charge in [-0.2, -0.15) is 0 Å². The van der Waals surface area contributed by atoms with E-state index in [1.807, 2.05) is 29.8 Å². The van der Waals surface area contributed by atoms with Gasteiger partial charge in [0.2, 0.25) is 0 Å². The number of nitrogens with two attached hydrogens (primary N) is 2. The molecule has 13 heteroatoms. The van der Waals surface area contributed by atoms with E-state index < -0.39 is 12.0 Å². The molecule has 4 aromatic rings. The van der Waals surface area contributed by atoms with Crippen LogP contribution < -0.4 is 21.7 Å². The highest BCUT2D eigenvalue weighted by Gasteiger charge is 2.21. The van der Waals surface area contributed by atoms with E-state index in [2.05, 4.69) is 15.3 Å². The van der Waals surface area contributed by atoms with Gasteiger partial charge in [-0.3, -0.25) is 19.3 Å². The molecule has 0 radical (unpaired) electrons. The first-order chi connectivity index (χ1) is 21.2. The van der Waals surface area contributed by atoms with E-state index in [-0.39, 0.29) is 44.0 Å². The number of hydrogen-bond acceptors (Lipinski definition) is 10. The fourth-order valence-corrected chi connectivity index (χ4v) is 4.29. The number of fused-ring (bicyclic) bond motifs is 1. The van der Waals surface area contributed by atoms with E-state index in [1.54, 1.807) is 55.6 Å². The van der Waals surface area contributed by atoms with Crippen molar-refractivity contribution in [3.8, 4) is 0 Å². The Kier molecular flexibility index (Phi) is 10.6. The summed E-state index contributed by atoms with van der Waals surface area (Å²) < 4.78 is 11.9. The molecule has 0 fully saturated rings. The summed E-state index contributed by atoms with van der Waals surface area (Å²) in [6.07, 6.45) is 1.64. The van der Waals surface area contributed by atoms with Crippen LogP contribution in [0.1, 0.15) is 42.0 Å². The van der Waals surface area contributed by atoms with Gasteiger partial charge in [0.25, 0.3) is 5.91 Å². The van der Waals surface area contributed by atoms with E-state index in [0.29, 0.717) is 29.0 Å². The zero-order valence-electron chi connectivity index (χ0n) is 24.9. The minimum absolute atomic E-state index is 0.0434. The number of esters is 2. The van der Waals surface area contributed by atoms with Gasteiger partial charge in [0.05, 0.1) is 30.6 Å². The fourth-order valence-electron chi connectivity index (χ4n) is 4.29. The van der Waals surface area contributed by atoms with E-state index in [0.717, 1.165) is 17.0 Å². The second-order valence-corrected chi connectivity index (χ2v) is 9.85. The Labute approximate surface area is 254 Å². The average Bonchev–Trinajstić information content (AvgIpc) is 3.35. The summed E-state index contributed by atoms with van der Waals surface area (Å²) in [6, 6.07) is 17.2. The summed E-state index contributed by atoms with van der Waals surface area (Å²) in [5, 5.41) is 3.34. The number of anilines is 2. The number of amides is 1. The van der Waals surface area contributed by atoms with E-state index in [9.17, 15) is 14.4 Å². The molecule has 2 heterocycles. The maximum atomic E-state index is 13.6. The molecule has 4 rings (SSSR count). The highest BCUT2D eigenvalue weighted by Crippen LogP contribution is 2.21. The monoisotopic (exact) mass is 600 g/mol. The minimum atomic E-state index is -0.728. The number of carbonyl (C=O) groups excluding carboxylic acids is 3. The molecule has 1 unspecified atom stereocenters. The predicted molar refractivity (Wildman–Crippen MR) is 167 cm³/mol. The summed E-state index contributed by atoms with van der Waals surface area (Å²) in [5.41, 5.74) is 14.9. The molecule has 0 aliphatic heterocycles. The number of carbonyl (C=O) groups is 3. The number of aromatic nitrogens is 3. The van der Waals surface area contributed by atoms with Crippen molar-refractivity contribution >= 4 is 46.2 Å². The van der Waals surface area contributed by atoms with Crippen LogP contribution in [0.2, 0.25) is 0 Å². The summed E-state index contributed by atoms with van der Waals surface area (Å²) in [4.78, 5) is 51.7. The third kappa shape index (κ3) is 7.95. The smallest absolute Gasteiger partial charge is 0.324 e. The lowest BCUT2D eigenvalue weighted by Gasteiger charge is -2.21. The molecule has 5 N–H and O–H groups in total. The summed E-state index contributed by atoms with van der Waals surface area (Å²) in [7, 11) is 1.91. The van der Waals surface area contributed by atoms with Crippen molar-refractivity contribution in [3.05, 3.63) is 83.8 Å². The van der Waals surface area contributed by atoms with Crippen molar-refractivity contribution < 1.29 is 23.9 Å². The molecule has 0 aliphatic rings. The van der Waals surface area contributed by atoms with E-state index in [4.69, 9.17) is 25.9 Å². The number of nitrogens with one attached hydrogen (secondary N) is 1. The van der Waals surface area contributed by atoms with Gasteiger partial charge in [-0.25, -0.2) is 15.0 Å². The Hall–Kier alpha value is -5.30. The Morgan fingerprint density at radius 2 is 1.82 bits per heavy atom. The van der Waals surface area contributed by atoms with Crippen LogP contribution >= 0.6 is 0 Å². The molecular weight excluding hydrogens is 564 g/mol. The first-order valence-electron chi connectivity index (χ1n) is 14.1. The van der Waals surface area contributed by atoms with Gasteiger partial charge in [-0.15, -0.1) is 0 Å². The van der Waals surface area contributed by atoms with Gasteiger partial charge >= 0.3 is 11.9 Å². The van der Waals surface area contributed by atoms with Crippen LogP contribution in [0, 0.1) is 0 Å². The minimum Gasteiger partial charge on any atom is -0.466 e. The summed E-state index contributed by atoms with van der Waals surface area (Å²) >= 11 is 0. The lowest BCUT2D eigenvalue weighted by molar-refractivity contribution is -0.144. The molecule has 2 aromatic carbocycles.